The van der Waals surface area contributed by atoms with E-state index >= 15 is 0 Å². The van der Waals surface area contributed by atoms with E-state index in [1.54, 1.807) is 0 Å². The highest BCUT2D eigenvalue weighted by Gasteiger charge is 2.15. The van der Waals surface area contributed by atoms with Crippen LogP contribution in [-0.2, 0) is 20.2 Å². The summed E-state index contributed by atoms with van der Waals surface area (Å²) in [7, 11) is -8.71. The van der Waals surface area contributed by atoms with E-state index in [1.807, 2.05) is 0 Å². The Hall–Kier alpha value is -1.36. The van der Waals surface area contributed by atoms with Gasteiger partial charge in [-0.05, 0) is 24.6 Å². The van der Waals surface area contributed by atoms with Crippen LogP contribution in [0.2, 0.25) is 0 Å². The van der Waals surface area contributed by atoms with Crippen molar-refractivity contribution in [3.05, 3.63) is 17.7 Å². The number of anilines is 2. The Morgan fingerprint density at radius 2 is 1.78 bits per heavy atom. The van der Waals surface area contributed by atoms with Crippen LogP contribution in [0.5, 0.6) is 0 Å². The molecule has 0 saturated heterocycles. The lowest BCUT2D eigenvalue weighted by molar-refractivity contribution is 0.482. The number of benzene rings is 1. The molecule has 1 rings (SSSR count). The molecule has 0 aliphatic carbocycles. The zero-order valence-corrected chi connectivity index (χ0v) is 10.9. The molecule has 1 aromatic rings. The minimum Gasteiger partial charge on any atom is -0.398 e. The maximum Gasteiger partial charge on any atom is 0.294 e. The summed E-state index contributed by atoms with van der Waals surface area (Å²) in [5.41, 5.74) is 6.07. The Bertz CT molecular complexity index is 665. The van der Waals surface area contributed by atoms with Gasteiger partial charge in [0.25, 0.3) is 20.2 Å². The van der Waals surface area contributed by atoms with E-state index in [1.165, 1.54) is 6.92 Å². The predicted molar refractivity (Wildman–Crippen MR) is 65.4 cm³/mol. The van der Waals surface area contributed by atoms with Crippen LogP contribution in [0.1, 0.15) is 5.56 Å². The monoisotopic (exact) mass is 296 g/mol. The lowest BCUT2D eigenvalue weighted by atomic mass is 10.1. The zero-order chi connectivity index (χ0) is 14.1. The Morgan fingerprint density at radius 3 is 2.22 bits per heavy atom. The second-order valence-electron chi connectivity index (χ2n) is 3.56. The van der Waals surface area contributed by atoms with Gasteiger partial charge in [-0.2, -0.15) is 16.8 Å². The number of nitrogens with one attached hydrogen (secondary N) is 1. The molecular weight excluding hydrogens is 284 g/mol. The minimum absolute atomic E-state index is 0.0583. The first-order chi connectivity index (χ1) is 8.00. The molecule has 0 radical (unpaired) electrons. The smallest absolute Gasteiger partial charge is 0.294 e. The molecule has 0 fully saturated rings. The maximum atomic E-state index is 11.0. The molecule has 0 amide bonds. The van der Waals surface area contributed by atoms with Gasteiger partial charge in [0.15, 0.2) is 0 Å². The van der Waals surface area contributed by atoms with Crippen molar-refractivity contribution in [1.29, 1.82) is 0 Å². The van der Waals surface area contributed by atoms with Crippen molar-refractivity contribution in [2.24, 2.45) is 0 Å². The third-order valence-electron chi connectivity index (χ3n) is 2.16. The maximum absolute atomic E-state index is 11.0. The average molecular weight is 296 g/mol. The normalized spacial score (nSPS) is 12.4. The first-order valence-electron chi connectivity index (χ1n) is 4.57. The Morgan fingerprint density at radius 1 is 1.22 bits per heavy atom. The van der Waals surface area contributed by atoms with Crippen molar-refractivity contribution in [1.82, 2.24) is 0 Å². The minimum atomic E-state index is -4.45. The molecule has 8 nitrogen and oxygen atoms in total. The zero-order valence-electron chi connectivity index (χ0n) is 9.28. The number of nitrogens with two attached hydrogens (primary N) is 1. The van der Waals surface area contributed by atoms with Crippen LogP contribution in [0.15, 0.2) is 17.0 Å². The summed E-state index contributed by atoms with van der Waals surface area (Å²) >= 11 is 0. The highest BCUT2D eigenvalue weighted by atomic mass is 32.2. The molecule has 0 aliphatic rings. The quantitative estimate of drug-likeness (QED) is 0.451. The fraction of sp³-hybridized carbons (Fsp3) is 0.250. The number of rotatable bonds is 4. The molecular formula is C8H12N2O6S2. The summed E-state index contributed by atoms with van der Waals surface area (Å²) in [5.74, 6) is -0.803. The first-order valence-corrected chi connectivity index (χ1v) is 7.62. The Labute approximate surface area is 104 Å². The Balaban J connectivity index is 3.23. The third-order valence-corrected chi connectivity index (χ3v) is 3.50. The average Bonchev–Trinajstić information content (AvgIpc) is 2.17. The van der Waals surface area contributed by atoms with Gasteiger partial charge in [0, 0.05) is 11.4 Å². The molecule has 0 unspecified atom stereocenters. The molecule has 0 heterocycles. The molecule has 0 saturated carbocycles. The fourth-order valence-electron chi connectivity index (χ4n) is 1.21. The van der Waals surface area contributed by atoms with Crippen molar-refractivity contribution in [2.45, 2.75) is 11.8 Å². The number of hydrogen-bond donors (Lipinski definition) is 4. The molecule has 10 heteroatoms. The first kappa shape index (κ1) is 14.7. The van der Waals surface area contributed by atoms with E-state index in [0.717, 1.165) is 12.1 Å². The van der Waals surface area contributed by atoms with Gasteiger partial charge < -0.3 is 11.1 Å². The summed E-state index contributed by atoms with van der Waals surface area (Å²) < 4.78 is 60.5. The summed E-state index contributed by atoms with van der Waals surface area (Å²) in [6, 6.07) is 2.06. The second-order valence-corrected chi connectivity index (χ2v) is 6.44. The summed E-state index contributed by atoms with van der Waals surface area (Å²) in [6.45, 7) is 1.52. The summed E-state index contributed by atoms with van der Waals surface area (Å²) in [4.78, 5) is -0.469. The molecule has 5 N–H and O–H groups in total. The van der Waals surface area contributed by atoms with Gasteiger partial charge in [0.05, 0.1) is 4.90 Å². The van der Waals surface area contributed by atoms with Crippen molar-refractivity contribution in [3.63, 3.8) is 0 Å². The van der Waals surface area contributed by atoms with E-state index in [2.05, 4.69) is 5.32 Å². The SMILES string of the molecule is Cc1c(N)cc(S(=O)(=O)O)cc1NCS(=O)(=O)O. The van der Waals surface area contributed by atoms with E-state index in [0.29, 0.717) is 5.56 Å². The van der Waals surface area contributed by atoms with E-state index < -0.39 is 31.0 Å². The topological polar surface area (TPSA) is 147 Å². The Kier molecular flexibility index (Phi) is 3.86. The highest BCUT2D eigenvalue weighted by molar-refractivity contribution is 7.86. The van der Waals surface area contributed by atoms with Crippen molar-refractivity contribution in [2.75, 3.05) is 16.9 Å². The third kappa shape index (κ3) is 3.84. The van der Waals surface area contributed by atoms with Crippen LogP contribution in [0, 0.1) is 6.92 Å². The van der Waals surface area contributed by atoms with Crippen molar-refractivity contribution >= 4 is 31.6 Å². The van der Waals surface area contributed by atoms with Crippen LogP contribution in [0.3, 0.4) is 0 Å². The van der Waals surface area contributed by atoms with Gasteiger partial charge in [0.1, 0.15) is 5.88 Å². The van der Waals surface area contributed by atoms with Crippen molar-refractivity contribution < 1.29 is 25.9 Å². The lowest BCUT2D eigenvalue weighted by Gasteiger charge is -2.11. The molecule has 0 aromatic heterocycles. The predicted octanol–water partition coefficient (Wildman–Crippen LogP) is 0.0811. The van der Waals surface area contributed by atoms with Crippen LogP contribution in [0.25, 0.3) is 0 Å². The molecule has 102 valence electrons. The van der Waals surface area contributed by atoms with Gasteiger partial charge in [-0.15, -0.1) is 0 Å². The van der Waals surface area contributed by atoms with Gasteiger partial charge in [-0.1, -0.05) is 0 Å². The molecule has 0 spiro atoms. The van der Waals surface area contributed by atoms with Gasteiger partial charge in [-0.3, -0.25) is 9.11 Å². The largest absolute Gasteiger partial charge is 0.398 e. The molecule has 18 heavy (non-hydrogen) atoms. The van der Waals surface area contributed by atoms with Crippen LogP contribution < -0.4 is 11.1 Å². The van der Waals surface area contributed by atoms with Gasteiger partial charge >= 0.3 is 0 Å². The van der Waals surface area contributed by atoms with Crippen LogP contribution >= 0.6 is 0 Å². The van der Waals surface area contributed by atoms with Crippen molar-refractivity contribution in [3.8, 4) is 0 Å². The van der Waals surface area contributed by atoms with E-state index in [-0.39, 0.29) is 11.4 Å². The number of hydrogen-bond acceptors (Lipinski definition) is 6. The summed E-state index contributed by atoms with van der Waals surface area (Å²) in [6.07, 6.45) is 0. The molecule has 0 aliphatic heterocycles. The second kappa shape index (κ2) is 4.72. The summed E-state index contributed by atoms with van der Waals surface area (Å²) in [5, 5.41) is 2.31. The fourth-order valence-corrected chi connectivity index (χ4v) is 2.09. The van der Waals surface area contributed by atoms with Crippen LogP contribution in [0.4, 0.5) is 11.4 Å². The lowest BCUT2D eigenvalue weighted by Crippen LogP contribution is -2.14. The molecule has 0 bridgehead atoms. The van der Waals surface area contributed by atoms with Crippen LogP contribution in [-0.4, -0.2) is 31.8 Å². The van der Waals surface area contributed by atoms with Gasteiger partial charge in [0.2, 0.25) is 0 Å². The molecule has 1 aromatic carbocycles. The standard InChI is InChI=1S/C8H12N2O6S2/c1-5-7(9)2-6(18(14,15)16)3-8(5)10-4-17(11,12)13/h2-3,10H,4,9H2,1H3,(H,11,12,13)(H,14,15,16). The molecule has 0 atom stereocenters. The van der Waals surface area contributed by atoms with E-state index in [4.69, 9.17) is 14.8 Å². The van der Waals surface area contributed by atoms with Gasteiger partial charge in [-0.25, -0.2) is 0 Å². The number of nitrogen functional groups attached to an aromatic ring is 1. The van der Waals surface area contributed by atoms with E-state index in [9.17, 15) is 16.8 Å². The highest BCUT2D eigenvalue weighted by Crippen LogP contribution is 2.26.